The van der Waals surface area contributed by atoms with Gasteiger partial charge in [-0.3, -0.25) is 4.79 Å². The standard InChI is InChI=1S/C16H20O4/c17-14(7-1-4-12-5-3-9-18-12)13-6-2-8-15-16(13)20-11-10-19-15/h2,6,8,12H,1,3-5,7,9-11H2. The molecule has 1 fully saturated rings. The van der Waals surface area contributed by atoms with E-state index in [2.05, 4.69) is 0 Å². The highest BCUT2D eigenvalue weighted by molar-refractivity contribution is 5.99. The second kappa shape index (κ2) is 6.27. The van der Waals surface area contributed by atoms with Gasteiger partial charge in [0.1, 0.15) is 13.2 Å². The zero-order valence-corrected chi connectivity index (χ0v) is 11.6. The van der Waals surface area contributed by atoms with E-state index in [0.29, 0.717) is 42.8 Å². The Labute approximate surface area is 119 Å². The van der Waals surface area contributed by atoms with Crippen LogP contribution in [0.4, 0.5) is 0 Å². The van der Waals surface area contributed by atoms with Crippen molar-refractivity contribution in [2.75, 3.05) is 19.8 Å². The molecule has 4 heteroatoms. The van der Waals surface area contributed by atoms with Crippen LogP contribution < -0.4 is 9.47 Å². The van der Waals surface area contributed by atoms with Crippen molar-refractivity contribution < 1.29 is 19.0 Å². The fraction of sp³-hybridized carbons (Fsp3) is 0.562. The molecule has 0 aliphatic carbocycles. The SMILES string of the molecule is O=C(CCCC1CCCO1)c1cccc2c1OCCO2. The van der Waals surface area contributed by atoms with Crippen LogP contribution in [0.3, 0.4) is 0 Å². The van der Waals surface area contributed by atoms with Crippen LogP contribution in [0.1, 0.15) is 42.5 Å². The van der Waals surface area contributed by atoms with Gasteiger partial charge in [-0.15, -0.1) is 0 Å². The van der Waals surface area contributed by atoms with E-state index in [1.54, 1.807) is 0 Å². The highest BCUT2D eigenvalue weighted by Gasteiger charge is 2.21. The topological polar surface area (TPSA) is 44.8 Å². The van der Waals surface area contributed by atoms with Gasteiger partial charge in [-0.05, 0) is 37.8 Å². The van der Waals surface area contributed by atoms with Gasteiger partial charge in [-0.25, -0.2) is 0 Å². The lowest BCUT2D eigenvalue weighted by Gasteiger charge is -2.20. The number of hydrogen-bond donors (Lipinski definition) is 0. The Morgan fingerprint density at radius 3 is 2.95 bits per heavy atom. The summed E-state index contributed by atoms with van der Waals surface area (Å²) >= 11 is 0. The zero-order chi connectivity index (χ0) is 13.8. The van der Waals surface area contributed by atoms with E-state index < -0.39 is 0 Å². The van der Waals surface area contributed by atoms with Crippen LogP contribution in [0, 0.1) is 0 Å². The molecule has 20 heavy (non-hydrogen) atoms. The summed E-state index contributed by atoms with van der Waals surface area (Å²) in [4.78, 5) is 12.3. The number of fused-ring (bicyclic) bond motifs is 1. The van der Waals surface area contributed by atoms with Gasteiger partial charge in [0.15, 0.2) is 17.3 Å². The highest BCUT2D eigenvalue weighted by Crippen LogP contribution is 2.34. The summed E-state index contributed by atoms with van der Waals surface area (Å²) in [6.07, 6.45) is 5.01. The third-order valence-corrected chi connectivity index (χ3v) is 3.82. The Balaban J connectivity index is 1.59. The normalized spacial score (nSPS) is 20.9. The highest BCUT2D eigenvalue weighted by atomic mass is 16.6. The second-order valence-corrected chi connectivity index (χ2v) is 5.28. The van der Waals surface area contributed by atoms with Crippen molar-refractivity contribution >= 4 is 5.78 Å². The number of ether oxygens (including phenoxy) is 3. The van der Waals surface area contributed by atoms with Gasteiger partial charge in [-0.2, -0.15) is 0 Å². The molecule has 0 radical (unpaired) electrons. The largest absolute Gasteiger partial charge is 0.486 e. The maximum absolute atomic E-state index is 12.3. The molecule has 0 spiro atoms. The van der Waals surface area contributed by atoms with E-state index in [0.717, 1.165) is 32.3 Å². The molecule has 0 bridgehead atoms. The van der Waals surface area contributed by atoms with Gasteiger partial charge in [0.2, 0.25) is 0 Å². The number of para-hydroxylation sites is 1. The molecule has 1 saturated heterocycles. The third-order valence-electron chi connectivity index (χ3n) is 3.82. The first-order valence-electron chi connectivity index (χ1n) is 7.38. The van der Waals surface area contributed by atoms with E-state index in [1.807, 2.05) is 18.2 Å². The van der Waals surface area contributed by atoms with Crippen molar-refractivity contribution in [3.8, 4) is 11.5 Å². The second-order valence-electron chi connectivity index (χ2n) is 5.28. The molecular formula is C16H20O4. The number of Topliss-reactive ketones (excluding diaryl/α,β-unsaturated/α-hetero) is 1. The Kier molecular flexibility index (Phi) is 4.21. The van der Waals surface area contributed by atoms with E-state index in [-0.39, 0.29) is 5.78 Å². The summed E-state index contributed by atoms with van der Waals surface area (Å²) in [6.45, 7) is 1.92. The number of carbonyl (C=O) groups excluding carboxylic acids is 1. The first-order valence-corrected chi connectivity index (χ1v) is 7.38. The molecule has 1 aromatic rings. The van der Waals surface area contributed by atoms with Gasteiger partial charge < -0.3 is 14.2 Å². The molecule has 0 aromatic heterocycles. The molecule has 1 atom stereocenters. The predicted molar refractivity (Wildman–Crippen MR) is 74.6 cm³/mol. The van der Waals surface area contributed by atoms with Crippen molar-refractivity contribution in [2.24, 2.45) is 0 Å². The summed E-state index contributed by atoms with van der Waals surface area (Å²) in [5, 5.41) is 0. The summed E-state index contributed by atoms with van der Waals surface area (Å²) in [5.41, 5.74) is 0.648. The van der Waals surface area contributed by atoms with E-state index in [9.17, 15) is 4.79 Å². The first kappa shape index (κ1) is 13.4. The monoisotopic (exact) mass is 276 g/mol. The molecular weight excluding hydrogens is 256 g/mol. The average Bonchev–Trinajstić information content (AvgIpc) is 3.00. The molecule has 4 nitrogen and oxygen atoms in total. The Morgan fingerprint density at radius 1 is 1.20 bits per heavy atom. The van der Waals surface area contributed by atoms with Crippen molar-refractivity contribution in [3.63, 3.8) is 0 Å². The van der Waals surface area contributed by atoms with Gasteiger partial charge in [0.25, 0.3) is 0 Å². The lowest BCUT2D eigenvalue weighted by atomic mass is 10.0. The Hall–Kier alpha value is -1.55. The molecule has 1 unspecified atom stereocenters. The van der Waals surface area contributed by atoms with Crippen LogP contribution >= 0.6 is 0 Å². The number of ketones is 1. The minimum Gasteiger partial charge on any atom is -0.486 e. The van der Waals surface area contributed by atoms with E-state index in [1.165, 1.54) is 0 Å². The molecule has 1 aromatic carbocycles. The molecule has 108 valence electrons. The molecule has 0 saturated carbocycles. The Bertz CT molecular complexity index is 477. The zero-order valence-electron chi connectivity index (χ0n) is 11.6. The molecule has 2 aliphatic heterocycles. The van der Waals surface area contributed by atoms with Crippen LogP contribution in [-0.2, 0) is 4.74 Å². The predicted octanol–water partition coefficient (Wildman–Crippen LogP) is 2.99. The minimum absolute atomic E-state index is 0.130. The van der Waals surface area contributed by atoms with Crippen LogP contribution in [0.2, 0.25) is 0 Å². The number of benzene rings is 1. The lowest BCUT2D eigenvalue weighted by Crippen LogP contribution is -2.17. The summed E-state index contributed by atoms with van der Waals surface area (Å²) < 4.78 is 16.7. The Morgan fingerprint density at radius 2 is 2.10 bits per heavy atom. The first-order chi connectivity index (χ1) is 9.84. The molecule has 0 N–H and O–H groups in total. The van der Waals surface area contributed by atoms with Crippen LogP contribution in [-0.4, -0.2) is 31.7 Å². The van der Waals surface area contributed by atoms with Crippen molar-refractivity contribution in [3.05, 3.63) is 23.8 Å². The summed E-state index contributed by atoms with van der Waals surface area (Å²) in [5.74, 6) is 1.42. The fourth-order valence-electron chi connectivity index (χ4n) is 2.79. The smallest absolute Gasteiger partial charge is 0.172 e. The average molecular weight is 276 g/mol. The quantitative estimate of drug-likeness (QED) is 0.776. The van der Waals surface area contributed by atoms with Crippen molar-refractivity contribution in [2.45, 2.75) is 38.2 Å². The van der Waals surface area contributed by atoms with Crippen LogP contribution in [0.15, 0.2) is 18.2 Å². The molecule has 0 amide bonds. The van der Waals surface area contributed by atoms with Gasteiger partial charge in [0, 0.05) is 13.0 Å². The lowest BCUT2D eigenvalue weighted by molar-refractivity contribution is 0.0915. The maximum atomic E-state index is 12.3. The van der Waals surface area contributed by atoms with Gasteiger partial charge >= 0.3 is 0 Å². The minimum atomic E-state index is 0.130. The van der Waals surface area contributed by atoms with Gasteiger partial charge in [-0.1, -0.05) is 6.07 Å². The van der Waals surface area contributed by atoms with Gasteiger partial charge in [0.05, 0.1) is 11.7 Å². The van der Waals surface area contributed by atoms with E-state index >= 15 is 0 Å². The summed E-state index contributed by atoms with van der Waals surface area (Å²) in [6, 6.07) is 5.51. The van der Waals surface area contributed by atoms with Crippen LogP contribution in [0.25, 0.3) is 0 Å². The third kappa shape index (κ3) is 2.96. The number of hydrogen-bond acceptors (Lipinski definition) is 4. The van der Waals surface area contributed by atoms with Crippen LogP contribution in [0.5, 0.6) is 11.5 Å². The number of rotatable bonds is 5. The number of carbonyl (C=O) groups is 1. The fourth-order valence-corrected chi connectivity index (χ4v) is 2.79. The molecule has 2 heterocycles. The molecule has 3 rings (SSSR count). The van der Waals surface area contributed by atoms with Crippen molar-refractivity contribution in [1.82, 2.24) is 0 Å². The van der Waals surface area contributed by atoms with E-state index in [4.69, 9.17) is 14.2 Å². The molecule has 2 aliphatic rings. The summed E-state index contributed by atoms with van der Waals surface area (Å²) in [7, 11) is 0. The maximum Gasteiger partial charge on any atom is 0.172 e. The van der Waals surface area contributed by atoms with Crippen molar-refractivity contribution in [1.29, 1.82) is 0 Å².